The largest absolute Gasteiger partial charge is 0.494 e. The molecule has 0 saturated heterocycles. The lowest BCUT2D eigenvalue weighted by Gasteiger charge is -2.35. The van der Waals surface area contributed by atoms with Crippen LogP contribution < -0.4 is 10.5 Å². The second kappa shape index (κ2) is 5.91. The molecule has 0 heterocycles. The molecule has 19 heavy (non-hydrogen) atoms. The van der Waals surface area contributed by atoms with Gasteiger partial charge in [-0.2, -0.15) is 0 Å². The van der Waals surface area contributed by atoms with Gasteiger partial charge in [-0.3, -0.25) is 0 Å². The highest BCUT2D eigenvalue weighted by atomic mass is 19.1. The summed E-state index contributed by atoms with van der Waals surface area (Å²) < 4.78 is 18.7. The molecule has 0 radical (unpaired) electrons. The van der Waals surface area contributed by atoms with Crippen LogP contribution in [0.2, 0.25) is 0 Å². The molecule has 0 amide bonds. The predicted molar refractivity (Wildman–Crippen MR) is 75.5 cm³/mol. The molecule has 2 N–H and O–H groups in total. The molecule has 4 unspecified atom stereocenters. The molecule has 2 rings (SSSR count). The zero-order chi connectivity index (χ0) is 14.0. The van der Waals surface area contributed by atoms with Crippen LogP contribution in [0.5, 0.6) is 5.75 Å². The van der Waals surface area contributed by atoms with E-state index in [0.717, 1.165) is 24.3 Å². The lowest BCUT2D eigenvalue weighted by molar-refractivity contribution is 0.186. The number of hydrogen-bond acceptors (Lipinski definition) is 2. The van der Waals surface area contributed by atoms with Crippen molar-refractivity contribution in [1.29, 1.82) is 0 Å². The Hall–Kier alpha value is -1.09. The molecule has 0 bridgehead atoms. The standard InChI is InChI=1S/C16H24FNO/c1-10-4-5-12(8-11(10)2)16(18)13-6-7-15(19-3)14(17)9-13/h6-7,9-12,16H,4-5,8,18H2,1-3H3. The van der Waals surface area contributed by atoms with Crippen LogP contribution in [0.1, 0.15) is 44.7 Å². The molecule has 1 aromatic rings. The van der Waals surface area contributed by atoms with Crippen molar-refractivity contribution in [2.24, 2.45) is 23.5 Å². The summed E-state index contributed by atoms with van der Waals surface area (Å²) in [4.78, 5) is 0. The van der Waals surface area contributed by atoms with Gasteiger partial charge in [-0.25, -0.2) is 4.39 Å². The number of halogens is 1. The molecule has 0 aliphatic heterocycles. The van der Waals surface area contributed by atoms with Crippen LogP contribution in [0, 0.1) is 23.6 Å². The number of hydrogen-bond donors (Lipinski definition) is 1. The molecule has 0 spiro atoms. The number of ether oxygens (including phenoxy) is 1. The average Bonchev–Trinajstić information content (AvgIpc) is 2.41. The average molecular weight is 265 g/mol. The van der Waals surface area contributed by atoms with Gasteiger partial charge in [0.2, 0.25) is 0 Å². The molecule has 1 fully saturated rings. The molecule has 1 aliphatic carbocycles. The van der Waals surface area contributed by atoms with E-state index < -0.39 is 0 Å². The first-order valence-corrected chi connectivity index (χ1v) is 7.12. The summed E-state index contributed by atoms with van der Waals surface area (Å²) in [7, 11) is 1.47. The maximum absolute atomic E-state index is 13.7. The molecule has 1 saturated carbocycles. The predicted octanol–water partition coefficient (Wildman–Crippen LogP) is 3.91. The minimum absolute atomic E-state index is 0.0737. The third-order valence-electron chi connectivity index (χ3n) is 4.71. The zero-order valence-electron chi connectivity index (χ0n) is 12.0. The van der Waals surface area contributed by atoms with Gasteiger partial charge in [0.1, 0.15) is 0 Å². The van der Waals surface area contributed by atoms with E-state index in [1.54, 1.807) is 6.07 Å². The highest BCUT2D eigenvalue weighted by Crippen LogP contribution is 2.39. The summed E-state index contributed by atoms with van der Waals surface area (Å²) in [6.45, 7) is 4.59. The van der Waals surface area contributed by atoms with E-state index in [1.807, 2.05) is 6.07 Å². The number of rotatable bonds is 3. The molecular weight excluding hydrogens is 241 g/mol. The van der Waals surface area contributed by atoms with Crippen molar-refractivity contribution in [3.8, 4) is 5.75 Å². The minimum atomic E-state index is -0.326. The molecule has 0 aromatic heterocycles. The van der Waals surface area contributed by atoms with E-state index >= 15 is 0 Å². The zero-order valence-corrected chi connectivity index (χ0v) is 12.0. The SMILES string of the molecule is COc1ccc(C(N)C2CCC(C)C(C)C2)cc1F. The van der Waals surface area contributed by atoms with Gasteiger partial charge in [0, 0.05) is 6.04 Å². The second-order valence-electron chi connectivity index (χ2n) is 5.95. The quantitative estimate of drug-likeness (QED) is 0.899. The van der Waals surface area contributed by atoms with Crippen molar-refractivity contribution < 1.29 is 9.13 Å². The van der Waals surface area contributed by atoms with Gasteiger partial charge < -0.3 is 10.5 Å². The fourth-order valence-electron chi connectivity index (χ4n) is 3.08. The Morgan fingerprint density at radius 1 is 1.26 bits per heavy atom. The van der Waals surface area contributed by atoms with Gasteiger partial charge in [0.25, 0.3) is 0 Å². The fraction of sp³-hybridized carbons (Fsp3) is 0.625. The van der Waals surface area contributed by atoms with Crippen LogP contribution in [0.15, 0.2) is 18.2 Å². The van der Waals surface area contributed by atoms with E-state index in [-0.39, 0.29) is 17.6 Å². The van der Waals surface area contributed by atoms with Crippen molar-refractivity contribution in [1.82, 2.24) is 0 Å². The highest BCUT2D eigenvalue weighted by Gasteiger charge is 2.29. The molecule has 1 aliphatic rings. The maximum atomic E-state index is 13.7. The van der Waals surface area contributed by atoms with Gasteiger partial charge in [0.15, 0.2) is 11.6 Å². The van der Waals surface area contributed by atoms with Gasteiger partial charge in [-0.15, -0.1) is 0 Å². The van der Waals surface area contributed by atoms with Gasteiger partial charge in [-0.1, -0.05) is 26.3 Å². The topological polar surface area (TPSA) is 35.2 Å². The lowest BCUT2D eigenvalue weighted by Crippen LogP contribution is -2.29. The second-order valence-corrected chi connectivity index (χ2v) is 5.95. The van der Waals surface area contributed by atoms with Crippen LogP contribution in [-0.4, -0.2) is 7.11 Å². The first-order chi connectivity index (χ1) is 9.02. The molecule has 2 nitrogen and oxygen atoms in total. The summed E-state index contributed by atoms with van der Waals surface area (Å²) in [6.07, 6.45) is 3.49. The van der Waals surface area contributed by atoms with Crippen LogP contribution in [0.3, 0.4) is 0 Å². The van der Waals surface area contributed by atoms with Crippen LogP contribution >= 0.6 is 0 Å². The summed E-state index contributed by atoms with van der Waals surface area (Å²) in [6, 6.07) is 5.00. The smallest absolute Gasteiger partial charge is 0.165 e. The molecule has 106 valence electrons. The normalized spacial score (nSPS) is 29.0. The summed E-state index contributed by atoms with van der Waals surface area (Å²) in [5.41, 5.74) is 7.21. The van der Waals surface area contributed by atoms with E-state index in [0.29, 0.717) is 11.8 Å². The molecular formula is C16H24FNO. The van der Waals surface area contributed by atoms with E-state index in [4.69, 9.17) is 10.5 Å². The molecule has 1 aromatic carbocycles. The van der Waals surface area contributed by atoms with Crippen LogP contribution in [0.25, 0.3) is 0 Å². The monoisotopic (exact) mass is 265 g/mol. The Morgan fingerprint density at radius 2 is 2.00 bits per heavy atom. The molecule has 3 heteroatoms. The summed E-state index contributed by atoms with van der Waals surface area (Å²) >= 11 is 0. The first kappa shape index (κ1) is 14.3. The van der Waals surface area contributed by atoms with E-state index in [2.05, 4.69) is 13.8 Å². The first-order valence-electron chi connectivity index (χ1n) is 7.12. The lowest BCUT2D eigenvalue weighted by atomic mass is 9.72. The summed E-state index contributed by atoms with van der Waals surface area (Å²) in [5.74, 6) is 1.89. The van der Waals surface area contributed by atoms with Crippen molar-refractivity contribution in [2.75, 3.05) is 7.11 Å². The minimum Gasteiger partial charge on any atom is -0.494 e. The van der Waals surface area contributed by atoms with Gasteiger partial charge in [-0.05, 0) is 48.3 Å². The van der Waals surface area contributed by atoms with Crippen LogP contribution in [0.4, 0.5) is 4.39 Å². The Kier molecular flexibility index (Phi) is 4.46. The third kappa shape index (κ3) is 3.08. The van der Waals surface area contributed by atoms with Crippen molar-refractivity contribution in [3.63, 3.8) is 0 Å². The van der Waals surface area contributed by atoms with Gasteiger partial charge in [0.05, 0.1) is 7.11 Å². The number of methoxy groups -OCH3 is 1. The molecule has 4 atom stereocenters. The van der Waals surface area contributed by atoms with Gasteiger partial charge >= 0.3 is 0 Å². The van der Waals surface area contributed by atoms with E-state index in [1.165, 1.54) is 19.6 Å². The number of benzene rings is 1. The van der Waals surface area contributed by atoms with E-state index in [9.17, 15) is 4.39 Å². The van der Waals surface area contributed by atoms with Crippen molar-refractivity contribution >= 4 is 0 Å². The maximum Gasteiger partial charge on any atom is 0.165 e. The summed E-state index contributed by atoms with van der Waals surface area (Å²) in [5, 5.41) is 0. The van der Waals surface area contributed by atoms with Crippen LogP contribution in [-0.2, 0) is 0 Å². The van der Waals surface area contributed by atoms with Crippen molar-refractivity contribution in [3.05, 3.63) is 29.6 Å². The highest BCUT2D eigenvalue weighted by molar-refractivity contribution is 5.31. The third-order valence-corrected chi connectivity index (χ3v) is 4.71. The van der Waals surface area contributed by atoms with Crippen molar-refractivity contribution in [2.45, 2.75) is 39.2 Å². The Morgan fingerprint density at radius 3 is 2.58 bits per heavy atom. The number of nitrogens with two attached hydrogens (primary N) is 1. The Balaban J connectivity index is 2.11. The fourth-order valence-corrected chi connectivity index (χ4v) is 3.08. The Labute approximate surface area is 115 Å². The Bertz CT molecular complexity index is 435.